The summed E-state index contributed by atoms with van der Waals surface area (Å²) < 4.78 is 2.27. The number of para-hydroxylation sites is 1. The molecule has 3 aromatic carbocycles. The minimum absolute atomic E-state index is 0.00118. The van der Waals surface area contributed by atoms with E-state index in [-0.39, 0.29) is 17.9 Å². The third kappa shape index (κ3) is 4.56. The number of aromatic nitrogens is 1. The van der Waals surface area contributed by atoms with E-state index < -0.39 is 0 Å². The van der Waals surface area contributed by atoms with Gasteiger partial charge in [-0.3, -0.25) is 4.79 Å². The van der Waals surface area contributed by atoms with Gasteiger partial charge < -0.3 is 9.88 Å². The Morgan fingerprint density at radius 2 is 1.58 bits per heavy atom. The van der Waals surface area contributed by atoms with E-state index in [0.717, 1.165) is 12.1 Å². The molecule has 0 bridgehead atoms. The molecule has 1 amide bonds. The summed E-state index contributed by atoms with van der Waals surface area (Å²) in [4.78, 5) is 13.1. The normalized spacial score (nSPS) is 13.1. The summed E-state index contributed by atoms with van der Waals surface area (Å²) in [7, 11) is 0. The average Bonchev–Trinajstić information content (AvgIpc) is 3.17. The molecule has 0 saturated carbocycles. The standard InChI is InChI=1S/C28H30N2O/c1-4-30-19-26(24-12-8-9-13-27(24)30)25(23-16-14-20(2)15-17-23)18-28(31)29-21(3)22-10-6-5-7-11-22/h5-17,19,21,25H,4,18H2,1-3H3,(H,29,31)/t21-,25-/m1/s1. The largest absolute Gasteiger partial charge is 0.350 e. The van der Waals surface area contributed by atoms with Crippen molar-refractivity contribution in [3.63, 3.8) is 0 Å². The number of carbonyl (C=O) groups excluding carboxylic acids is 1. The van der Waals surface area contributed by atoms with E-state index in [1.807, 2.05) is 25.1 Å². The molecule has 0 aliphatic rings. The molecule has 0 unspecified atom stereocenters. The van der Waals surface area contributed by atoms with Crippen LogP contribution in [0.1, 0.15) is 54.5 Å². The molecule has 3 heteroatoms. The number of fused-ring (bicyclic) bond motifs is 1. The first kappa shape index (κ1) is 20.9. The summed E-state index contributed by atoms with van der Waals surface area (Å²) in [6, 6.07) is 27.2. The smallest absolute Gasteiger partial charge is 0.221 e. The lowest BCUT2D eigenvalue weighted by molar-refractivity contribution is -0.121. The highest BCUT2D eigenvalue weighted by Gasteiger charge is 2.23. The molecule has 1 aromatic heterocycles. The predicted octanol–water partition coefficient (Wildman–Crippen LogP) is 6.37. The van der Waals surface area contributed by atoms with Gasteiger partial charge >= 0.3 is 0 Å². The molecule has 0 spiro atoms. The number of carbonyl (C=O) groups is 1. The van der Waals surface area contributed by atoms with Gasteiger partial charge in [-0.05, 0) is 43.5 Å². The lowest BCUT2D eigenvalue weighted by Gasteiger charge is -2.20. The predicted molar refractivity (Wildman–Crippen MR) is 128 cm³/mol. The van der Waals surface area contributed by atoms with Gasteiger partial charge in [0.2, 0.25) is 5.91 Å². The first-order chi connectivity index (χ1) is 15.1. The molecular formula is C28H30N2O. The molecule has 4 aromatic rings. The lowest BCUT2D eigenvalue weighted by Crippen LogP contribution is -2.28. The van der Waals surface area contributed by atoms with Crippen LogP contribution in [0.25, 0.3) is 10.9 Å². The second-order valence-electron chi connectivity index (χ2n) is 8.25. The molecule has 4 rings (SSSR count). The Morgan fingerprint density at radius 3 is 2.29 bits per heavy atom. The molecule has 0 fully saturated rings. The number of benzene rings is 3. The first-order valence-corrected chi connectivity index (χ1v) is 11.1. The third-order valence-corrected chi connectivity index (χ3v) is 6.08. The lowest BCUT2D eigenvalue weighted by atomic mass is 9.87. The Kier molecular flexibility index (Phi) is 6.22. The van der Waals surface area contributed by atoms with Crippen LogP contribution in [0.3, 0.4) is 0 Å². The van der Waals surface area contributed by atoms with Crippen LogP contribution in [0.4, 0.5) is 0 Å². The second-order valence-corrected chi connectivity index (χ2v) is 8.25. The Hall–Kier alpha value is -3.33. The maximum Gasteiger partial charge on any atom is 0.221 e. The zero-order valence-electron chi connectivity index (χ0n) is 18.5. The van der Waals surface area contributed by atoms with E-state index in [0.29, 0.717) is 6.42 Å². The summed E-state index contributed by atoms with van der Waals surface area (Å²) in [6.45, 7) is 7.19. The van der Waals surface area contributed by atoms with Gasteiger partial charge in [-0.15, -0.1) is 0 Å². The van der Waals surface area contributed by atoms with Crippen molar-refractivity contribution in [2.45, 2.75) is 45.7 Å². The minimum Gasteiger partial charge on any atom is -0.350 e. The molecule has 1 N–H and O–H groups in total. The number of amides is 1. The van der Waals surface area contributed by atoms with Crippen molar-refractivity contribution in [1.82, 2.24) is 9.88 Å². The van der Waals surface area contributed by atoms with Crippen LogP contribution >= 0.6 is 0 Å². The Bertz CT molecular complexity index is 1160. The van der Waals surface area contributed by atoms with Crippen LogP contribution in [-0.4, -0.2) is 10.5 Å². The summed E-state index contributed by atoms with van der Waals surface area (Å²) in [5, 5.41) is 4.42. The summed E-state index contributed by atoms with van der Waals surface area (Å²) in [5.41, 5.74) is 5.94. The number of aryl methyl sites for hydroxylation is 2. The van der Waals surface area contributed by atoms with Crippen molar-refractivity contribution in [3.05, 3.63) is 107 Å². The number of rotatable bonds is 7. The molecule has 3 nitrogen and oxygen atoms in total. The highest BCUT2D eigenvalue weighted by atomic mass is 16.1. The van der Waals surface area contributed by atoms with Crippen LogP contribution in [0.2, 0.25) is 0 Å². The van der Waals surface area contributed by atoms with Crippen molar-refractivity contribution in [3.8, 4) is 0 Å². The third-order valence-electron chi connectivity index (χ3n) is 6.08. The molecule has 0 saturated heterocycles. The molecule has 0 radical (unpaired) electrons. The van der Waals surface area contributed by atoms with E-state index in [2.05, 4.69) is 90.6 Å². The van der Waals surface area contributed by atoms with Crippen LogP contribution in [0, 0.1) is 6.92 Å². The SMILES string of the molecule is CCn1cc([C@H](CC(=O)N[C@H](C)c2ccccc2)c2ccc(C)cc2)c2ccccc21. The quantitative estimate of drug-likeness (QED) is 0.377. The fraction of sp³-hybridized carbons (Fsp3) is 0.250. The van der Waals surface area contributed by atoms with Gasteiger partial charge in [0, 0.05) is 36.0 Å². The maximum absolute atomic E-state index is 13.1. The zero-order valence-corrected chi connectivity index (χ0v) is 18.5. The fourth-order valence-electron chi connectivity index (χ4n) is 4.33. The zero-order chi connectivity index (χ0) is 21.8. The number of nitrogens with one attached hydrogen (secondary N) is 1. The monoisotopic (exact) mass is 410 g/mol. The van der Waals surface area contributed by atoms with E-state index in [1.54, 1.807) is 0 Å². The van der Waals surface area contributed by atoms with Gasteiger partial charge in [0.05, 0.1) is 6.04 Å². The van der Waals surface area contributed by atoms with Gasteiger partial charge in [0.15, 0.2) is 0 Å². The molecule has 0 aliphatic heterocycles. The van der Waals surface area contributed by atoms with Crippen LogP contribution < -0.4 is 5.32 Å². The Labute approximate surface area is 184 Å². The summed E-state index contributed by atoms with van der Waals surface area (Å²) in [6.07, 6.45) is 2.64. The Morgan fingerprint density at radius 1 is 0.903 bits per heavy atom. The first-order valence-electron chi connectivity index (χ1n) is 11.1. The van der Waals surface area contributed by atoms with Gasteiger partial charge in [-0.25, -0.2) is 0 Å². The van der Waals surface area contributed by atoms with E-state index >= 15 is 0 Å². The highest BCUT2D eigenvalue weighted by molar-refractivity contribution is 5.86. The van der Waals surface area contributed by atoms with Crippen molar-refractivity contribution >= 4 is 16.8 Å². The van der Waals surface area contributed by atoms with Crippen molar-refractivity contribution in [1.29, 1.82) is 0 Å². The molecule has 1 heterocycles. The molecule has 0 aliphatic carbocycles. The number of hydrogen-bond acceptors (Lipinski definition) is 1. The van der Waals surface area contributed by atoms with Gasteiger partial charge in [0.25, 0.3) is 0 Å². The summed E-state index contributed by atoms with van der Waals surface area (Å²) >= 11 is 0. The fourth-order valence-corrected chi connectivity index (χ4v) is 4.33. The van der Waals surface area contributed by atoms with E-state index in [4.69, 9.17) is 0 Å². The highest BCUT2D eigenvalue weighted by Crippen LogP contribution is 2.35. The van der Waals surface area contributed by atoms with Crippen LogP contribution in [0.5, 0.6) is 0 Å². The summed E-state index contributed by atoms with van der Waals surface area (Å²) in [5.74, 6) is 0.0662. The van der Waals surface area contributed by atoms with Crippen molar-refractivity contribution in [2.75, 3.05) is 0 Å². The van der Waals surface area contributed by atoms with Gasteiger partial charge in [0.1, 0.15) is 0 Å². The van der Waals surface area contributed by atoms with Gasteiger partial charge in [-0.1, -0.05) is 78.4 Å². The molecular weight excluding hydrogens is 380 g/mol. The van der Waals surface area contributed by atoms with Crippen LogP contribution in [0.15, 0.2) is 85.1 Å². The van der Waals surface area contributed by atoms with Crippen molar-refractivity contribution < 1.29 is 4.79 Å². The number of nitrogens with zero attached hydrogens (tertiary/aromatic N) is 1. The number of hydrogen-bond donors (Lipinski definition) is 1. The topological polar surface area (TPSA) is 34.0 Å². The van der Waals surface area contributed by atoms with E-state index in [1.165, 1.54) is 27.6 Å². The maximum atomic E-state index is 13.1. The minimum atomic E-state index is -0.0237. The second kappa shape index (κ2) is 9.22. The molecule has 31 heavy (non-hydrogen) atoms. The molecule has 158 valence electrons. The average molecular weight is 411 g/mol. The van der Waals surface area contributed by atoms with Crippen LogP contribution in [-0.2, 0) is 11.3 Å². The Balaban J connectivity index is 1.68. The molecule has 2 atom stereocenters. The van der Waals surface area contributed by atoms with Crippen molar-refractivity contribution in [2.24, 2.45) is 0 Å². The van der Waals surface area contributed by atoms with Gasteiger partial charge in [-0.2, -0.15) is 0 Å². The van der Waals surface area contributed by atoms with E-state index in [9.17, 15) is 4.79 Å².